The van der Waals surface area contributed by atoms with Gasteiger partial charge in [-0.25, -0.2) is 4.98 Å². The van der Waals surface area contributed by atoms with Crippen molar-refractivity contribution in [3.05, 3.63) is 39.4 Å². The van der Waals surface area contributed by atoms with Gasteiger partial charge in [0.05, 0.1) is 9.88 Å². The quantitative estimate of drug-likeness (QED) is 0.781. The Morgan fingerprint density at radius 2 is 2.06 bits per heavy atom. The number of carbonyl (C=O) groups excluding carboxylic acids is 1. The molecule has 1 heterocycles. The standard InChI is InChI=1S/C12H10BrNOS/c1-7(15)11-12(16-8(2)14-11)9-5-3-4-6-10(9)13/h3-6H,1-2H3. The molecule has 0 amide bonds. The summed E-state index contributed by atoms with van der Waals surface area (Å²) < 4.78 is 0.987. The Labute approximate surface area is 106 Å². The summed E-state index contributed by atoms with van der Waals surface area (Å²) in [5.41, 5.74) is 1.59. The van der Waals surface area contributed by atoms with Crippen LogP contribution in [-0.2, 0) is 0 Å². The van der Waals surface area contributed by atoms with Crippen LogP contribution < -0.4 is 0 Å². The summed E-state index contributed by atoms with van der Waals surface area (Å²) in [4.78, 5) is 16.7. The monoisotopic (exact) mass is 295 g/mol. The molecule has 0 aliphatic carbocycles. The van der Waals surface area contributed by atoms with E-state index in [1.807, 2.05) is 31.2 Å². The first-order valence-corrected chi connectivity index (χ1v) is 6.44. The zero-order valence-electron chi connectivity index (χ0n) is 8.95. The number of thiazole rings is 1. The van der Waals surface area contributed by atoms with E-state index in [1.165, 1.54) is 0 Å². The maximum absolute atomic E-state index is 11.5. The Hall–Kier alpha value is -1.00. The van der Waals surface area contributed by atoms with E-state index >= 15 is 0 Å². The highest BCUT2D eigenvalue weighted by molar-refractivity contribution is 9.10. The van der Waals surface area contributed by atoms with Gasteiger partial charge in [-0.2, -0.15) is 0 Å². The minimum atomic E-state index is 0.00935. The minimum absolute atomic E-state index is 0.00935. The first kappa shape index (κ1) is 11.5. The smallest absolute Gasteiger partial charge is 0.179 e. The molecule has 0 unspecified atom stereocenters. The van der Waals surface area contributed by atoms with Crippen LogP contribution in [0.3, 0.4) is 0 Å². The minimum Gasteiger partial charge on any atom is -0.293 e. The van der Waals surface area contributed by atoms with Crippen LogP contribution in [0.25, 0.3) is 10.4 Å². The SMILES string of the molecule is CC(=O)c1nc(C)sc1-c1ccccc1Br. The van der Waals surface area contributed by atoms with Crippen molar-refractivity contribution in [3.63, 3.8) is 0 Å². The molecule has 0 radical (unpaired) electrons. The molecule has 2 nitrogen and oxygen atoms in total. The number of aromatic nitrogens is 1. The molecule has 4 heteroatoms. The average Bonchev–Trinajstić information content (AvgIpc) is 2.61. The van der Waals surface area contributed by atoms with Gasteiger partial charge >= 0.3 is 0 Å². The number of hydrogen-bond donors (Lipinski definition) is 0. The second-order valence-electron chi connectivity index (χ2n) is 3.45. The third-order valence-electron chi connectivity index (χ3n) is 2.19. The number of benzene rings is 1. The van der Waals surface area contributed by atoms with Crippen molar-refractivity contribution in [2.45, 2.75) is 13.8 Å². The van der Waals surface area contributed by atoms with Crippen molar-refractivity contribution in [1.29, 1.82) is 0 Å². The number of rotatable bonds is 2. The predicted molar refractivity (Wildman–Crippen MR) is 70.0 cm³/mol. The van der Waals surface area contributed by atoms with Gasteiger partial charge in [0.25, 0.3) is 0 Å². The third kappa shape index (κ3) is 2.08. The summed E-state index contributed by atoms with van der Waals surface area (Å²) >= 11 is 5.04. The Kier molecular flexibility index (Phi) is 3.21. The summed E-state index contributed by atoms with van der Waals surface area (Å²) in [5, 5.41) is 0.913. The fourth-order valence-corrected chi connectivity index (χ4v) is 3.11. The summed E-state index contributed by atoms with van der Waals surface area (Å²) in [6, 6.07) is 7.87. The number of halogens is 1. The van der Waals surface area contributed by atoms with E-state index in [9.17, 15) is 4.79 Å². The highest BCUT2D eigenvalue weighted by atomic mass is 79.9. The van der Waals surface area contributed by atoms with Crippen molar-refractivity contribution in [2.24, 2.45) is 0 Å². The van der Waals surface area contributed by atoms with Gasteiger partial charge in [-0.15, -0.1) is 11.3 Å². The maximum Gasteiger partial charge on any atom is 0.179 e. The normalized spacial score (nSPS) is 10.4. The van der Waals surface area contributed by atoms with Crippen LogP contribution in [0, 0.1) is 6.92 Å². The third-order valence-corrected chi connectivity index (χ3v) is 3.88. The van der Waals surface area contributed by atoms with E-state index in [4.69, 9.17) is 0 Å². The first-order chi connectivity index (χ1) is 7.59. The van der Waals surface area contributed by atoms with Crippen molar-refractivity contribution in [1.82, 2.24) is 4.98 Å². The molecule has 0 aliphatic heterocycles. The summed E-state index contributed by atoms with van der Waals surface area (Å²) in [7, 11) is 0. The van der Waals surface area contributed by atoms with Gasteiger partial charge < -0.3 is 0 Å². The lowest BCUT2D eigenvalue weighted by Gasteiger charge is -2.02. The summed E-state index contributed by atoms with van der Waals surface area (Å²) in [6.45, 7) is 3.46. The van der Waals surface area contributed by atoms with Crippen LogP contribution in [0.1, 0.15) is 22.4 Å². The van der Waals surface area contributed by atoms with Crippen molar-refractivity contribution in [3.8, 4) is 10.4 Å². The van der Waals surface area contributed by atoms with Gasteiger partial charge in [-0.1, -0.05) is 34.1 Å². The van der Waals surface area contributed by atoms with Gasteiger partial charge in [0.15, 0.2) is 5.78 Å². The van der Waals surface area contributed by atoms with E-state index in [0.717, 1.165) is 19.9 Å². The van der Waals surface area contributed by atoms with E-state index in [2.05, 4.69) is 20.9 Å². The topological polar surface area (TPSA) is 30.0 Å². The maximum atomic E-state index is 11.5. The predicted octanol–water partition coefficient (Wildman–Crippen LogP) is 4.08. The molecule has 2 aromatic rings. The second kappa shape index (κ2) is 4.47. The molecule has 1 aromatic heterocycles. The molecule has 0 fully saturated rings. The van der Waals surface area contributed by atoms with Crippen molar-refractivity contribution >= 4 is 33.0 Å². The molecule has 1 aromatic carbocycles. The molecule has 0 atom stereocenters. The number of aryl methyl sites for hydroxylation is 1. The lowest BCUT2D eigenvalue weighted by Crippen LogP contribution is -1.95. The molecular formula is C12H10BrNOS. The number of carbonyl (C=O) groups is 1. The Morgan fingerprint density at radius 3 is 2.69 bits per heavy atom. The van der Waals surface area contributed by atoms with Gasteiger partial charge in [0.1, 0.15) is 5.69 Å². The molecule has 0 saturated carbocycles. The molecule has 0 bridgehead atoms. The fourth-order valence-electron chi connectivity index (χ4n) is 1.49. The summed E-state index contributed by atoms with van der Waals surface area (Å²) in [6.07, 6.45) is 0. The van der Waals surface area contributed by atoms with E-state index in [1.54, 1.807) is 18.3 Å². The van der Waals surface area contributed by atoms with E-state index in [-0.39, 0.29) is 5.78 Å². The molecule has 0 spiro atoms. The number of ketones is 1. The molecule has 16 heavy (non-hydrogen) atoms. The Balaban J connectivity index is 2.64. The Morgan fingerprint density at radius 1 is 1.38 bits per heavy atom. The van der Waals surface area contributed by atoms with Crippen molar-refractivity contribution in [2.75, 3.05) is 0 Å². The molecule has 0 N–H and O–H groups in total. The molecule has 2 rings (SSSR count). The number of Topliss-reactive ketones (excluding diaryl/α,β-unsaturated/α-hetero) is 1. The lowest BCUT2D eigenvalue weighted by atomic mass is 10.1. The van der Waals surface area contributed by atoms with Gasteiger partial charge in [-0.05, 0) is 13.0 Å². The Bertz CT molecular complexity index is 548. The van der Waals surface area contributed by atoms with Crippen LogP contribution in [-0.4, -0.2) is 10.8 Å². The van der Waals surface area contributed by atoms with E-state index in [0.29, 0.717) is 5.69 Å². The second-order valence-corrected chi connectivity index (χ2v) is 5.50. The fraction of sp³-hybridized carbons (Fsp3) is 0.167. The molecule has 0 saturated heterocycles. The van der Waals surface area contributed by atoms with Gasteiger partial charge in [-0.3, -0.25) is 4.79 Å². The van der Waals surface area contributed by atoms with Crippen LogP contribution in [0.15, 0.2) is 28.7 Å². The molecular weight excluding hydrogens is 286 g/mol. The van der Waals surface area contributed by atoms with Gasteiger partial charge in [0.2, 0.25) is 0 Å². The van der Waals surface area contributed by atoms with Crippen LogP contribution >= 0.6 is 27.3 Å². The molecule has 82 valence electrons. The lowest BCUT2D eigenvalue weighted by molar-refractivity contribution is 0.101. The zero-order valence-corrected chi connectivity index (χ0v) is 11.4. The van der Waals surface area contributed by atoms with Gasteiger partial charge in [0, 0.05) is 17.0 Å². The van der Waals surface area contributed by atoms with Crippen LogP contribution in [0.2, 0.25) is 0 Å². The van der Waals surface area contributed by atoms with Crippen LogP contribution in [0.5, 0.6) is 0 Å². The highest BCUT2D eigenvalue weighted by Gasteiger charge is 2.16. The first-order valence-electron chi connectivity index (χ1n) is 4.83. The number of hydrogen-bond acceptors (Lipinski definition) is 3. The molecule has 0 aliphatic rings. The van der Waals surface area contributed by atoms with Crippen molar-refractivity contribution < 1.29 is 4.79 Å². The van der Waals surface area contributed by atoms with E-state index < -0.39 is 0 Å². The number of nitrogens with zero attached hydrogens (tertiary/aromatic N) is 1. The highest BCUT2D eigenvalue weighted by Crippen LogP contribution is 2.35. The average molecular weight is 296 g/mol. The zero-order chi connectivity index (χ0) is 11.7. The summed E-state index contributed by atoms with van der Waals surface area (Å²) in [5.74, 6) is 0.00935. The largest absolute Gasteiger partial charge is 0.293 e. The van der Waals surface area contributed by atoms with Crippen LogP contribution in [0.4, 0.5) is 0 Å².